The smallest absolute Gasteiger partial charge is 0.408 e. The summed E-state index contributed by atoms with van der Waals surface area (Å²) < 4.78 is 6.81. The third-order valence-electron chi connectivity index (χ3n) is 2.35. The molecule has 1 aromatic heterocycles. The van der Waals surface area contributed by atoms with Crippen LogP contribution in [0.2, 0.25) is 0 Å². The number of nitrogens with zero attached hydrogens (tertiary/aromatic N) is 2. The second-order valence-corrected chi connectivity index (χ2v) is 6.61. The minimum atomic E-state index is -0.554. The average Bonchev–Trinajstić information content (AvgIpc) is 2.63. The van der Waals surface area contributed by atoms with Crippen LogP contribution in [0.1, 0.15) is 39.1 Å². The molecule has 1 rings (SSSR count). The first-order valence-corrected chi connectivity index (χ1v) is 7.95. The number of nitrogens with two attached hydrogens (primary N) is 1. The summed E-state index contributed by atoms with van der Waals surface area (Å²) in [4.78, 5) is 11.9. The van der Waals surface area contributed by atoms with E-state index in [0.717, 1.165) is 5.75 Å². The van der Waals surface area contributed by atoms with Crippen molar-refractivity contribution in [2.75, 3.05) is 17.9 Å². The van der Waals surface area contributed by atoms with E-state index in [1.807, 2.05) is 27.0 Å². The number of hydrogen-bond acceptors (Lipinski definition) is 6. The minimum absolute atomic E-state index is 0.306. The van der Waals surface area contributed by atoms with Crippen LogP contribution < -0.4 is 11.2 Å². The van der Waals surface area contributed by atoms with Crippen LogP contribution in [-0.2, 0) is 4.74 Å². The number of aromatic nitrogens is 3. The lowest BCUT2D eigenvalue weighted by molar-refractivity contribution is 0.0499. The SMILES string of the molecule is CSCCC(NC(=O)OC(C)(C)C)c1n[nH]c(=S)n1N. The summed E-state index contributed by atoms with van der Waals surface area (Å²) in [5.41, 5.74) is -0.554. The van der Waals surface area contributed by atoms with Gasteiger partial charge in [-0.05, 0) is 51.4 Å². The van der Waals surface area contributed by atoms with Gasteiger partial charge >= 0.3 is 6.09 Å². The van der Waals surface area contributed by atoms with Gasteiger partial charge in [-0.1, -0.05) is 0 Å². The zero-order chi connectivity index (χ0) is 15.3. The van der Waals surface area contributed by atoms with E-state index in [0.29, 0.717) is 17.0 Å². The van der Waals surface area contributed by atoms with E-state index in [1.165, 1.54) is 4.68 Å². The first kappa shape index (κ1) is 16.8. The van der Waals surface area contributed by atoms with Gasteiger partial charge in [0.2, 0.25) is 4.77 Å². The van der Waals surface area contributed by atoms with Crippen molar-refractivity contribution >= 4 is 30.1 Å². The minimum Gasteiger partial charge on any atom is -0.444 e. The average molecular weight is 319 g/mol. The monoisotopic (exact) mass is 319 g/mol. The van der Waals surface area contributed by atoms with Crippen LogP contribution in [0.3, 0.4) is 0 Å². The molecule has 9 heteroatoms. The number of carbonyl (C=O) groups is 1. The van der Waals surface area contributed by atoms with Gasteiger partial charge in [-0.2, -0.15) is 16.9 Å². The van der Waals surface area contributed by atoms with E-state index >= 15 is 0 Å². The number of hydrogen-bond donors (Lipinski definition) is 3. The van der Waals surface area contributed by atoms with Gasteiger partial charge in [0.05, 0.1) is 6.04 Å². The Morgan fingerprint density at radius 3 is 2.75 bits per heavy atom. The molecule has 0 bridgehead atoms. The molecule has 114 valence electrons. The van der Waals surface area contributed by atoms with Gasteiger partial charge < -0.3 is 15.9 Å². The fourth-order valence-corrected chi connectivity index (χ4v) is 2.12. The number of nitrogens with one attached hydrogen (secondary N) is 2. The maximum Gasteiger partial charge on any atom is 0.408 e. The first-order valence-electron chi connectivity index (χ1n) is 6.15. The maximum atomic E-state index is 11.9. The van der Waals surface area contributed by atoms with Crippen molar-refractivity contribution in [1.29, 1.82) is 0 Å². The van der Waals surface area contributed by atoms with E-state index in [2.05, 4.69) is 15.5 Å². The lowest BCUT2D eigenvalue weighted by atomic mass is 10.2. The standard InChI is InChI=1S/C11H21N5O2S2/c1-11(2,3)18-10(17)13-7(5-6-20-4)8-14-15-9(19)16(8)12/h7H,5-6,12H2,1-4H3,(H,13,17)(H,15,19). The zero-order valence-corrected chi connectivity index (χ0v) is 13.7. The van der Waals surface area contributed by atoms with Gasteiger partial charge in [-0.25, -0.2) is 9.47 Å². The van der Waals surface area contributed by atoms with E-state index in [1.54, 1.807) is 11.8 Å². The molecule has 1 heterocycles. The van der Waals surface area contributed by atoms with Gasteiger partial charge in [0.15, 0.2) is 5.82 Å². The number of carbonyl (C=O) groups excluding carboxylic acids is 1. The number of H-pyrrole nitrogens is 1. The molecular weight excluding hydrogens is 298 g/mol. The molecule has 0 aromatic carbocycles. The van der Waals surface area contributed by atoms with Crippen molar-refractivity contribution < 1.29 is 9.53 Å². The van der Waals surface area contributed by atoms with Crippen molar-refractivity contribution in [3.8, 4) is 0 Å². The molecule has 1 amide bonds. The summed E-state index contributed by atoms with van der Waals surface area (Å²) in [5, 5.41) is 9.44. The molecule has 7 nitrogen and oxygen atoms in total. The highest BCUT2D eigenvalue weighted by Gasteiger charge is 2.23. The normalized spacial score (nSPS) is 13.0. The fraction of sp³-hybridized carbons (Fsp3) is 0.727. The Morgan fingerprint density at radius 1 is 1.65 bits per heavy atom. The van der Waals surface area contributed by atoms with Gasteiger partial charge in [0.1, 0.15) is 5.60 Å². The van der Waals surface area contributed by atoms with Crippen molar-refractivity contribution in [3.05, 3.63) is 10.6 Å². The van der Waals surface area contributed by atoms with Gasteiger partial charge in [-0.3, -0.25) is 5.10 Å². The van der Waals surface area contributed by atoms with Crippen molar-refractivity contribution in [3.63, 3.8) is 0 Å². The molecule has 0 aliphatic rings. The van der Waals surface area contributed by atoms with Crippen LogP contribution in [0.4, 0.5) is 4.79 Å². The highest BCUT2D eigenvalue weighted by atomic mass is 32.2. The van der Waals surface area contributed by atoms with Crippen LogP contribution in [0.5, 0.6) is 0 Å². The molecule has 0 aliphatic carbocycles. The van der Waals surface area contributed by atoms with Crippen LogP contribution in [0.25, 0.3) is 0 Å². The number of ether oxygens (including phenoxy) is 1. The van der Waals surface area contributed by atoms with Crippen LogP contribution in [0, 0.1) is 4.77 Å². The number of aromatic amines is 1. The molecule has 0 fully saturated rings. The number of amides is 1. The van der Waals surface area contributed by atoms with Crippen LogP contribution in [-0.4, -0.2) is 38.6 Å². The van der Waals surface area contributed by atoms with E-state index in [9.17, 15) is 4.79 Å². The van der Waals surface area contributed by atoms with E-state index < -0.39 is 11.7 Å². The first-order chi connectivity index (χ1) is 9.24. The molecule has 20 heavy (non-hydrogen) atoms. The molecule has 1 atom stereocenters. The van der Waals surface area contributed by atoms with Crippen molar-refractivity contribution in [2.24, 2.45) is 0 Å². The maximum absolute atomic E-state index is 11.9. The van der Waals surface area contributed by atoms with Crippen molar-refractivity contribution in [2.45, 2.75) is 38.8 Å². The lowest BCUT2D eigenvalue weighted by Crippen LogP contribution is -2.36. The number of nitrogen functional groups attached to an aromatic ring is 1. The Morgan fingerprint density at radius 2 is 2.30 bits per heavy atom. The summed E-state index contributed by atoms with van der Waals surface area (Å²) in [7, 11) is 0. The second kappa shape index (κ2) is 6.98. The summed E-state index contributed by atoms with van der Waals surface area (Å²) in [6.45, 7) is 5.42. The number of alkyl carbamates (subject to hydrolysis) is 1. The molecule has 0 radical (unpaired) electrons. The quantitative estimate of drug-likeness (QED) is 0.567. The Hall–Kier alpha value is -1.22. The topological polar surface area (TPSA) is 98.0 Å². The number of rotatable bonds is 5. The zero-order valence-electron chi connectivity index (χ0n) is 12.1. The van der Waals surface area contributed by atoms with Gasteiger partial charge in [0, 0.05) is 0 Å². The Balaban J connectivity index is 2.82. The molecule has 1 aromatic rings. The predicted octanol–water partition coefficient (Wildman–Crippen LogP) is 1.97. The summed E-state index contributed by atoms with van der Waals surface area (Å²) in [5.74, 6) is 7.13. The Kier molecular flexibility index (Phi) is 5.88. The molecule has 0 saturated carbocycles. The van der Waals surface area contributed by atoms with Crippen molar-refractivity contribution in [1.82, 2.24) is 20.2 Å². The summed E-state index contributed by atoms with van der Waals surface area (Å²) >= 11 is 6.65. The van der Waals surface area contributed by atoms with E-state index in [-0.39, 0.29) is 6.04 Å². The molecule has 0 aliphatic heterocycles. The highest BCUT2D eigenvalue weighted by Crippen LogP contribution is 2.17. The van der Waals surface area contributed by atoms with Gasteiger partial charge in [0.25, 0.3) is 0 Å². The summed E-state index contributed by atoms with van der Waals surface area (Å²) in [6, 6.07) is -0.352. The lowest BCUT2D eigenvalue weighted by Gasteiger charge is -2.23. The highest BCUT2D eigenvalue weighted by molar-refractivity contribution is 7.98. The largest absolute Gasteiger partial charge is 0.444 e. The predicted molar refractivity (Wildman–Crippen MR) is 82.7 cm³/mol. The van der Waals surface area contributed by atoms with Gasteiger partial charge in [-0.15, -0.1) is 0 Å². The van der Waals surface area contributed by atoms with E-state index in [4.69, 9.17) is 22.8 Å². The molecular formula is C11H21N5O2S2. The summed E-state index contributed by atoms with van der Waals surface area (Å²) in [6.07, 6.45) is 2.17. The fourth-order valence-electron chi connectivity index (χ4n) is 1.51. The third kappa shape index (κ3) is 5.04. The Bertz CT molecular complexity index is 506. The molecule has 1 unspecified atom stereocenters. The Labute approximate surface area is 127 Å². The van der Waals surface area contributed by atoms with Crippen LogP contribution in [0.15, 0.2) is 0 Å². The third-order valence-corrected chi connectivity index (χ3v) is 3.28. The number of thioether (sulfide) groups is 1. The second-order valence-electron chi connectivity index (χ2n) is 5.24. The molecule has 0 saturated heterocycles. The molecule has 0 spiro atoms. The van der Waals surface area contributed by atoms with Crippen LogP contribution >= 0.6 is 24.0 Å². The molecule has 4 N–H and O–H groups in total.